The Morgan fingerprint density at radius 2 is 1.79 bits per heavy atom. The number of carbonyl (C=O) groups excluding carboxylic acids is 2. The van der Waals surface area contributed by atoms with Crippen molar-refractivity contribution in [2.45, 2.75) is 38.3 Å². The van der Waals surface area contributed by atoms with Crippen molar-refractivity contribution in [2.75, 3.05) is 6.54 Å². The van der Waals surface area contributed by atoms with Crippen LogP contribution in [0.2, 0.25) is 0 Å². The number of hydrogen-bond donors (Lipinski definition) is 3. The smallest absolute Gasteiger partial charge is 0.248 e. The normalized spacial score (nSPS) is 16.3. The quantitative estimate of drug-likeness (QED) is 0.578. The number of primary amides is 2. The van der Waals surface area contributed by atoms with E-state index in [4.69, 9.17) is 11.5 Å². The highest BCUT2D eigenvalue weighted by molar-refractivity contribution is 5.93. The highest BCUT2D eigenvalue weighted by Crippen LogP contribution is 2.28. The fourth-order valence-corrected chi connectivity index (χ4v) is 4.17. The molecule has 2 amide bonds. The molecule has 6 nitrogen and oxygen atoms in total. The van der Waals surface area contributed by atoms with E-state index in [-0.39, 0.29) is 5.91 Å². The van der Waals surface area contributed by atoms with Crippen LogP contribution in [0, 0.1) is 0 Å². The van der Waals surface area contributed by atoms with Crippen LogP contribution in [0.15, 0.2) is 48.5 Å². The summed E-state index contributed by atoms with van der Waals surface area (Å²) in [5.74, 6) is -0.716. The van der Waals surface area contributed by atoms with Gasteiger partial charge in [-0.05, 0) is 60.8 Å². The SMILES string of the molecule is NC(=O)CCn1c(C[C@H]2CCCN2)cc2cc(-c3ccc(C(N)=O)cc3)ccc21. The maximum atomic E-state index is 11.4. The Morgan fingerprint density at radius 3 is 2.45 bits per heavy atom. The number of carbonyl (C=O) groups is 2. The average Bonchev–Trinajstić information content (AvgIpc) is 3.33. The minimum atomic E-state index is -0.427. The molecule has 3 aromatic rings. The van der Waals surface area contributed by atoms with E-state index in [0.29, 0.717) is 24.6 Å². The molecular weight excluding hydrogens is 364 g/mol. The van der Waals surface area contributed by atoms with Gasteiger partial charge in [0.15, 0.2) is 0 Å². The molecule has 5 N–H and O–H groups in total. The van der Waals surface area contributed by atoms with E-state index < -0.39 is 5.91 Å². The zero-order valence-electron chi connectivity index (χ0n) is 16.4. The molecule has 29 heavy (non-hydrogen) atoms. The summed E-state index contributed by atoms with van der Waals surface area (Å²) in [5, 5.41) is 4.69. The highest BCUT2D eigenvalue weighted by atomic mass is 16.1. The van der Waals surface area contributed by atoms with Crippen LogP contribution in [0.5, 0.6) is 0 Å². The van der Waals surface area contributed by atoms with Crippen LogP contribution in [-0.4, -0.2) is 29.0 Å². The minimum Gasteiger partial charge on any atom is -0.370 e. The van der Waals surface area contributed by atoms with Crippen molar-refractivity contribution in [1.82, 2.24) is 9.88 Å². The molecule has 1 aliphatic heterocycles. The Labute approximate surface area is 169 Å². The van der Waals surface area contributed by atoms with Gasteiger partial charge in [-0.15, -0.1) is 0 Å². The fourth-order valence-electron chi connectivity index (χ4n) is 4.17. The van der Waals surface area contributed by atoms with Crippen LogP contribution >= 0.6 is 0 Å². The predicted molar refractivity (Wildman–Crippen MR) is 114 cm³/mol. The molecule has 1 fully saturated rings. The molecular formula is C23H26N4O2. The second kappa shape index (κ2) is 8.09. The van der Waals surface area contributed by atoms with Gasteiger partial charge in [0.2, 0.25) is 11.8 Å². The molecule has 0 saturated carbocycles. The lowest BCUT2D eigenvalue weighted by Crippen LogP contribution is -2.25. The molecule has 150 valence electrons. The van der Waals surface area contributed by atoms with Crippen molar-refractivity contribution in [3.8, 4) is 11.1 Å². The van der Waals surface area contributed by atoms with Gasteiger partial charge in [0.1, 0.15) is 0 Å². The van der Waals surface area contributed by atoms with Gasteiger partial charge in [0, 0.05) is 47.6 Å². The van der Waals surface area contributed by atoms with Gasteiger partial charge in [0.25, 0.3) is 0 Å². The second-order valence-electron chi connectivity index (χ2n) is 7.72. The molecule has 2 heterocycles. The number of amides is 2. The van der Waals surface area contributed by atoms with Crippen LogP contribution in [0.1, 0.15) is 35.3 Å². The first kappa shape index (κ1) is 19.2. The Kier molecular flexibility index (Phi) is 5.36. The minimum absolute atomic E-state index is 0.289. The van der Waals surface area contributed by atoms with Crippen molar-refractivity contribution >= 4 is 22.7 Å². The number of fused-ring (bicyclic) bond motifs is 1. The maximum Gasteiger partial charge on any atom is 0.248 e. The topological polar surface area (TPSA) is 103 Å². The summed E-state index contributed by atoms with van der Waals surface area (Å²) in [6, 6.07) is 16.3. The lowest BCUT2D eigenvalue weighted by molar-refractivity contribution is -0.118. The Bertz CT molecular complexity index is 1050. The highest BCUT2D eigenvalue weighted by Gasteiger charge is 2.18. The molecule has 1 aliphatic rings. The van der Waals surface area contributed by atoms with Crippen molar-refractivity contribution in [3.63, 3.8) is 0 Å². The van der Waals surface area contributed by atoms with Crippen LogP contribution in [0.3, 0.4) is 0 Å². The van der Waals surface area contributed by atoms with E-state index in [2.05, 4.69) is 34.1 Å². The summed E-state index contributed by atoms with van der Waals surface area (Å²) in [7, 11) is 0. The van der Waals surface area contributed by atoms with E-state index in [1.54, 1.807) is 12.1 Å². The summed E-state index contributed by atoms with van der Waals surface area (Å²) < 4.78 is 2.22. The Balaban J connectivity index is 1.69. The third-order valence-corrected chi connectivity index (χ3v) is 5.69. The van der Waals surface area contributed by atoms with E-state index in [1.807, 2.05) is 12.1 Å². The molecule has 6 heteroatoms. The Morgan fingerprint density at radius 1 is 1.03 bits per heavy atom. The van der Waals surface area contributed by atoms with Gasteiger partial charge in [-0.2, -0.15) is 0 Å². The van der Waals surface area contributed by atoms with Gasteiger partial charge in [-0.1, -0.05) is 18.2 Å². The zero-order chi connectivity index (χ0) is 20.4. The number of nitrogens with zero attached hydrogens (tertiary/aromatic N) is 1. The van der Waals surface area contributed by atoms with Crippen molar-refractivity contribution in [1.29, 1.82) is 0 Å². The first-order valence-corrected chi connectivity index (χ1v) is 10.1. The van der Waals surface area contributed by atoms with Crippen LogP contribution in [-0.2, 0) is 17.8 Å². The molecule has 0 radical (unpaired) electrons. The lowest BCUT2D eigenvalue weighted by atomic mass is 10.0. The summed E-state index contributed by atoms with van der Waals surface area (Å²) in [6.45, 7) is 1.66. The van der Waals surface area contributed by atoms with Gasteiger partial charge in [0.05, 0.1) is 0 Å². The molecule has 0 aliphatic carbocycles. The van der Waals surface area contributed by atoms with Gasteiger partial charge in [-0.3, -0.25) is 9.59 Å². The summed E-state index contributed by atoms with van der Waals surface area (Å²) in [6.07, 6.45) is 3.65. The van der Waals surface area contributed by atoms with Crippen molar-refractivity contribution in [3.05, 3.63) is 59.8 Å². The van der Waals surface area contributed by atoms with Crippen LogP contribution in [0.25, 0.3) is 22.0 Å². The monoisotopic (exact) mass is 390 g/mol. The van der Waals surface area contributed by atoms with Gasteiger partial charge in [-0.25, -0.2) is 0 Å². The van der Waals surface area contributed by atoms with Crippen molar-refractivity contribution < 1.29 is 9.59 Å². The first-order chi connectivity index (χ1) is 14.0. The average molecular weight is 390 g/mol. The number of benzene rings is 2. The largest absolute Gasteiger partial charge is 0.370 e. The number of nitrogens with two attached hydrogens (primary N) is 2. The fraction of sp³-hybridized carbons (Fsp3) is 0.304. The van der Waals surface area contributed by atoms with E-state index in [0.717, 1.165) is 35.0 Å². The number of aryl methyl sites for hydroxylation is 1. The third-order valence-electron chi connectivity index (χ3n) is 5.69. The van der Waals surface area contributed by atoms with E-state index >= 15 is 0 Å². The molecule has 1 atom stereocenters. The summed E-state index contributed by atoms with van der Waals surface area (Å²) in [5.41, 5.74) is 15.7. The number of aromatic nitrogens is 1. The summed E-state index contributed by atoms with van der Waals surface area (Å²) >= 11 is 0. The standard InChI is InChI=1S/C23H26N4O2/c24-22(28)9-11-27-20(14-19-2-1-10-26-19)13-18-12-17(7-8-21(18)27)15-3-5-16(6-4-15)23(25)29/h3-8,12-13,19,26H,1-2,9-11,14H2,(H2,24,28)(H2,25,29)/t19-/m1/s1. The molecule has 1 aromatic heterocycles. The molecule has 4 rings (SSSR count). The molecule has 1 saturated heterocycles. The van der Waals surface area contributed by atoms with E-state index in [1.165, 1.54) is 18.5 Å². The predicted octanol–water partition coefficient (Wildman–Crippen LogP) is 2.58. The van der Waals surface area contributed by atoms with Crippen LogP contribution in [0.4, 0.5) is 0 Å². The van der Waals surface area contributed by atoms with E-state index in [9.17, 15) is 9.59 Å². The molecule has 2 aromatic carbocycles. The number of hydrogen-bond acceptors (Lipinski definition) is 3. The number of nitrogens with one attached hydrogen (secondary N) is 1. The first-order valence-electron chi connectivity index (χ1n) is 10.1. The zero-order valence-corrected chi connectivity index (χ0v) is 16.4. The van der Waals surface area contributed by atoms with Gasteiger partial charge >= 0.3 is 0 Å². The third kappa shape index (κ3) is 4.17. The van der Waals surface area contributed by atoms with Crippen molar-refractivity contribution in [2.24, 2.45) is 11.5 Å². The number of rotatable bonds is 7. The van der Waals surface area contributed by atoms with Gasteiger partial charge < -0.3 is 21.4 Å². The molecule has 0 unspecified atom stereocenters. The molecule has 0 bridgehead atoms. The Hall–Kier alpha value is -3.12. The van der Waals surface area contributed by atoms with Crippen LogP contribution < -0.4 is 16.8 Å². The molecule has 0 spiro atoms. The lowest BCUT2D eigenvalue weighted by Gasteiger charge is -2.14. The summed E-state index contributed by atoms with van der Waals surface area (Å²) in [4.78, 5) is 22.7. The second-order valence-corrected chi connectivity index (χ2v) is 7.72. The maximum absolute atomic E-state index is 11.4.